The van der Waals surface area contributed by atoms with Crippen molar-refractivity contribution in [1.29, 1.82) is 0 Å². The molecule has 1 nitrogen and oxygen atoms in total. The average Bonchev–Trinajstić information content (AvgIpc) is 2.71. The Bertz CT molecular complexity index is 518. The summed E-state index contributed by atoms with van der Waals surface area (Å²) in [5.41, 5.74) is 2.20. The van der Waals surface area contributed by atoms with Gasteiger partial charge in [0.1, 0.15) is 5.82 Å². The molecule has 0 aliphatic carbocycles. The molecule has 1 unspecified atom stereocenters. The third-order valence-corrected chi connectivity index (χ3v) is 4.33. The second-order valence-corrected chi connectivity index (χ2v) is 6.02. The summed E-state index contributed by atoms with van der Waals surface area (Å²) in [6.07, 6.45) is 0. The topological polar surface area (TPSA) is 12.0 Å². The minimum atomic E-state index is -0.212. The van der Waals surface area contributed by atoms with Crippen molar-refractivity contribution in [3.63, 3.8) is 0 Å². The van der Waals surface area contributed by atoms with E-state index >= 15 is 0 Å². The van der Waals surface area contributed by atoms with Crippen LogP contribution in [0, 0.1) is 12.7 Å². The first kappa shape index (κ1) is 13.7. The van der Waals surface area contributed by atoms with Crippen LogP contribution in [0.5, 0.6) is 0 Å². The predicted molar refractivity (Wildman–Crippen MR) is 78.7 cm³/mol. The molecule has 0 aliphatic heterocycles. The minimum absolute atomic E-state index is 0.0574. The van der Waals surface area contributed by atoms with Gasteiger partial charge in [-0.2, -0.15) is 0 Å². The van der Waals surface area contributed by atoms with Gasteiger partial charge in [-0.15, -0.1) is 11.3 Å². The molecule has 0 bridgehead atoms. The van der Waals surface area contributed by atoms with Crippen molar-refractivity contribution in [2.24, 2.45) is 0 Å². The largest absolute Gasteiger partial charge is 0.306 e. The van der Waals surface area contributed by atoms with Gasteiger partial charge in [0.25, 0.3) is 0 Å². The first-order valence-electron chi connectivity index (χ1n) is 5.85. The van der Waals surface area contributed by atoms with Crippen LogP contribution in [0.15, 0.2) is 34.1 Å². The molecule has 96 valence electrons. The molecule has 2 aromatic rings. The first-order chi connectivity index (χ1) is 8.61. The van der Waals surface area contributed by atoms with E-state index in [4.69, 9.17) is 0 Å². The van der Waals surface area contributed by atoms with Crippen LogP contribution in [-0.4, -0.2) is 6.54 Å². The molecule has 1 aromatic heterocycles. The zero-order chi connectivity index (χ0) is 13.1. The van der Waals surface area contributed by atoms with E-state index in [1.54, 1.807) is 17.4 Å². The molecule has 0 saturated heterocycles. The number of halogens is 2. The highest BCUT2D eigenvalue weighted by atomic mass is 79.9. The molecule has 0 fully saturated rings. The molecule has 0 saturated carbocycles. The van der Waals surface area contributed by atoms with Crippen molar-refractivity contribution in [3.8, 4) is 0 Å². The standard InChI is InChI=1S/C14H15BrFNS/c1-3-17-13(14-9(2)4-5-18-14)10-6-11(15)8-12(16)7-10/h4-8,13,17H,3H2,1-2H3. The summed E-state index contributed by atoms with van der Waals surface area (Å²) in [6.45, 7) is 4.99. The molecule has 1 heterocycles. The van der Waals surface area contributed by atoms with Gasteiger partial charge in [-0.3, -0.25) is 0 Å². The molecule has 1 aromatic carbocycles. The van der Waals surface area contributed by atoms with E-state index in [0.717, 1.165) is 16.6 Å². The van der Waals surface area contributed by atoms with Crippen LogP contribution in [0.2, 0.25) is 0 Å². The van der Waals surface area contributed by atoms with Gasteiger partial charge in [-0.1, -0.05) is 22.9 Å². The van der Waals surface area contributed by atoms with Crippen LogP contribution < -0.4 is 5.32 Å². The summed E-state index contributed by atoms with van der Waals surface area (Å²) in [5.74, 6) is -0.212. The van der Waals surface area contributed by atoms with Gasteiger partial charge >= 0.3 is 0 Å². The number of hydrogen-bond acceptors (Lipinski definition) is 2. The minimum Gasteiger partial charge on any atom is -0.306 e. The Labute approximate surface area is 119 Å². The Morgan fingerprint density at radius 2 is 2.17 bits per heavy atom. The monoisotopic (exact) mass is 327 g/mol. The van der Waals surface area contributed by atoms with Gasteiger partial charge in [0.15, 0.2) is 0 Å². The Morgan fingerprint density at radius 3 is 2.72 bits per heavy atom. The summed E-state index contributed by atoms with van der Waals surface area (Å²) in [7, 11) is 0. The number of thiophene rings is 1. The maximum Gasteiger partial charge on any atom is 0.124 e. The molecule has 0 aliphatic rings. The number of aryl methyl sites for hydroxylation is 1. The zero-order valence-electron chi connectivity index (χ0n) is 10.3. The van der Waals surface area contributed by atoms with Crippen molar-refractivity contribution in [3.05, 3.63) is 55.9 Å². The molecule has 1 N–H and O–H groups in total. The average molecular weight is 328 g/mol. The Balaban J connectivity index is 2.44. The number of rotatable bonds is 4. The lowest BCUT2D eigenvalue weighted by Gasteiger charge is -2.18. The Hall–Kier alpha value is -0.710. The Kier molecular flexibility index (Phi) is 4.54. The molecular weight excluding hydrogens is 313 g/mol. The van der Waals surface area contributed by atoms with E-state index in [2.05, 4.69) is 46.5 Å². The van der Waals surface area contributed by atoms with Crippen molar-refractivity contribution in [2.75, 3.05) is 6.54 Å². The van der Waals surface area contributed by atoms with Crippen LogP contribution in [0.1, 0.15) is 29.0 Å². The SMILES string of the molecule is CCNC(c1cc(F)cc(Br)c1)c1sccc1C. The molecular formula is C14H15BrFNS. The van der Waals surface area contributed by atoms with Gasteiger partial charge in [0, 0.05) is 9.35 Å². The summed E-state index contributed by atoms with van der Waals surface area (Å²) in [5, 5.41) is 5.49. The summed E-state index contributed by atoms with van der Waals surface area (Å²) < 4.78 is 14.3. The third-order valence-electron chi connectivity index (χ3n) is 2.79. The second-order valence-electron chi connectivity index (χ2n) is 4.16. The fraction of sp³-hybridized carbons (Fsp3) is 0.286. The lowest BCUT2D eigenvalue weighted by Crippen LogP contribution is -2.21. The van der Waals surface area contributed by atoms with Crippen molar-refractivity contribution >= 4 is 27.3 Å². The van der Waals surface area contributed by atoms with Crippen LogP contribution >= 0.6 is 27.3 Å². The number of benzene rings is 1. The van der Waals surface area contributed by atoms with Gasteiger partial charge in [0.05, 0.1) is 6.04 Å². The molecule has 0 spiro atoms. The van der Waals surface area contributed by atoms with Crippen LogP contribution in [0.3, 0.4) is 0 Å². The van der Waals surface area contributed by atoms with Gasteiger partial charge < -0.3 is 5.32 Å². The van der Waals surface area contributed by atoms with E-state index in [0.29, 0.717) is 0 Å². The number of hydrogen-bond donors (Lipinski definition) is 1. The van der Waals surface area contributed by atoms with Crippen LogP contribution in [-0.2, 0) is 0 Å². The highest BCUT2D eigenvalue weighted by Crippen LogP contribution is 2.31. The fourth-order valence-corrected chi connectivity index (χ4v) is 3.50. The van der Waals surface area contributed by atoms with Gasteiger partial charge in [0.2, 0.25) is 0 Å². The maximum atomic E-state index is 13.5. The van der Waals surface area contributed by atoms with Crippen molar-refractivity contribution in [1.82, 2.24) is 5.32 Å². The van der Waals surface area contributed by atoms with Crippen molar-refractivity contribution < 1.29 is 4.39 Å². The van der Waals surface area contributed by atoms with E-state index in [-0.39, 0.29) is 11.9 Å². The van der Waals surface area contributed by atoms with Gasteiger partial charge in [-0.05, 0) is 54.2 Å². The second kappa shape index (κ2) is 5.95. The fourth-order valence-electron chi connectivity index (χ4n) is 1.99. The quantitative estimate of drug-likeness (QED) is 0.861. The van der Waals surface area contributed by atoms with Gasteiger partial charge in [-0.25, -0.2) is 4.39 Å². The molecule has 0 amide bonds. The number of nitrogens with one attached hydrogen (secondary N) is 1. The van der Waals surface area contributed by atoms with Crippen LogP contribution in [0.4, 0.5) is 4.39 Å². The summed E-state index contributed by atoms with van der Waals surface area (Å²) >= 11 is 5.05. The third kappa shape index (κ3) is 2.99. The smallest absolute Gasteiger partial charge is 0.124 e. The van der Waals surface area contributed by atoms with E-state index < -0.39 is 0 Å². The Morgan fingerprint density at radius 1 is 1.39 bits per heavy atom. The lowest BCUT2D eigenvalue weighted by molar-refractivity contribution is 0.605. The van der Waals surface area contributed by atoms with Crippen molar-refractivity contribution in [2.45, 2.75) is 19.9 Å². The molecule has 0 radical (unpaired) electrons. The summed E-state index contributed by atoms with van der Waals surface area (Å²) in [6, 6.07) is 7.20. The summed E-state index contributed by atoms with van der Waals surface area (Å²) in [4.78, 5) is 1.24. The van der Waals surface area contributed by atoms with E-state index in [9.17, 15) is 4.39 Å². The molecule has 18 heavy (non-hydrogen) atoms. The lowest BCUT2D eigenvalue weighted by atomic mass is 10.0. The highest BCUT2D eigenvalue weighted by Gasteiger charge is 2.17. The zero-order valence-corrected chi connectivity index (χ0v) is 12.7. The van der Waals surface area contributed by atoms with E-state index in [1.807, 2.05) is 6.07 Å². The molecule has 1 atom stereocenters. The normalized spacial score (nSPS) is 12.7. The first-order valence-corrected chi connectivity index (χ1v) is 7.52. The highest BCUT2D eigenvalue weighted by molar-refractivity contribution is 9.10. The maximum absolute atomic E-state index is 13.5. The molecule has 4 heteroatoms. The van der Waals surface area contributed by atoms with E-state index in [1.165, 1.54) is 16.5 Å². The van der Waals surface area contributed by atoms with Crippen LogP contribution in [0.25, 0.3) is 0 Å². The predicted octanol–water partition coefficient (Wildman–Crippen LogP) is 4.66. The molecule has 2 rings (SSSR count).